The lowest BCUT2D eigenvalue weighted by molar-refractivity contribution is 0.124. The van der Waals surface area contributed by atoms with Gasteiger partial charge in [-0.2, -0.15) is 5.48 Å². The first-order chi connectivity index (χ1) is 5.77. The summed E-state index contributed by atoms with van der Waals surface area (Å²) in [5, 5.41) is 8.79. The van der Waals surface area contributed by atoms with Crippen molar-refractivity contribution >= 4 is 15.9 Å². The van der Waals surface area contributed by atoms with Gasteiger partial charge in [-0.15, -0.1) is 0 Å². The Balaban J connectivity index is 2.80. The molecule has 0 spiro atoms. The average molecular weight is 230 g/mol. The van der Waals surface area contributed by atoms with Crippen LogP contribution >= 0.6 is 15.9 Å². The summed E-state index contributed by atoms with van der Waals surface area (Å²) in [6, 6.07) is 7.95. The molecule has 0 aromatic heterocycles. The maximum absolute atomic E-state index is 8.79. The van der Waals surface area contributed by atoms with Gasteiger partial charge in [-0.3, -0.25) is 0 Å². The lowest BCUT2D eigenvalue weighted by Crippen LogP contribution is -2.15. The fourth-order valence-corrected chi connectivity index (χ4v) is 1.36. The Morgan fingerprint density at radius 2 is 2.00 bits per heavy atom. The second-order valence-electron chi connectivity index (χ2n) is 2.64. The number of rotatable bonds is 3. The fourth-order valence-electron chi connectivity index (χ4n) is 1.10. The van der Waals surface area contributed by atoms with Gasteiger partial charge in [-0.1, -0.05) is 35.0 Å². The Hall–Kier alpha value is -0.380. The van der Waals surface area contributed by atoms with Gasteiger partial charge < -0.3 is 5.21 Å². The molecule has 0 heterocycles. The van der Waals surface area contributed by atoms with Crippen LogP contribution in [0.2, 0.25) is 0 Å². The minimum atomic E-state index is 0.0399. The molecule has 0 aliphatic carbocycles. The zero-order valence-corrected chi connectivity index (χ0v) is 8.51. The SMILES string of the molecule is CC[C@@H](NO)c1ccc(Br)cc1. The maximum Gasteiger partial charge on any atom is 0.0566 e. The van der Waals surface area contributed by atoms with Crippen molar-refractivity contribution in [1.82, 2.24) is 5.48 Å². The third-order valence-electron chi connectivity index (χ3n) is 1.84. The average Bonchev–Trinajstić information content (AvgIpc) is 2.10. The minimum absolute atomic E-state index is 0.0399. The largest absolute Gasteiger partial charge is 0.316 e. The van der Waals surface area contributed by atoms with Gasteiger partial charge in [-0.05, 0) is 24.1 Å². The quantitative estimate of drug-likeness (QED) is 0.782. The Labute approximate surface area is 80.7 Å². The van der Waals surface area contributed by atoms with Crippen LogP contribution in [0.5, 0.6) is 0 Å². The van der Waals surface area contributed by atoms with E-state index in [1.165, 1.54) is 0 Å². The summed E-state index contributed by atoms with van der Waals surface area (Å²) in [5.74, 6) is 0. The predicted octanol–water partition coefficient (Wildman–Crippen LogP) is 2.88. The van der Waals surface area contributed by atoms with E-state index >= 15 is 0 Å². The van der Waals surface area contributed by atoms with Crippen molar-refractivity contribution in [2.45, 2.75) is 19.4 Å². The molecule has 0 fully saturated rings. The van der Waals surface area contributed by atoms with Crippen LogP contribution in [0.3, 0.4) is 0 Å². The molecular formula is C9H12BrNO. The van der Waals surface area contributed by atoms with Gasteiger partial charge in [0.2, 0.25) is 0 Å². The highest BCUT2D eigenvalue weighted by atomic mass is 79.9. The van der Waals surface area contributed by atoms with E-state index in [-0.39, 0.29) is 6.04 Å². The number of hydrogen-bond donors (Lipinski definition) is 2. The van der Waals surface area contributed by atoms with Crippen LogP contribution in [-0.2, 0) is 0 Å². The molecule has 0 unspecified atom stereocenters. The zero-order valence-electron chi connectivity index (χ0n) is 6.92. The van der Waals surface area contributed by atoms with E-state index in [1.54, 1.807) is 0 Å². The highest BCUT2D eigenvalue weighted by Crippen LogP contribution is 2.18. The fraction of sp³-hybridized carbons (Fsp3) is 0.333. The second kappa shape index (κ2) is 4.60. The van der Waals surface area contributed by atoms with Crippen LogP contribution in [-0.4, -0.2) is 5.21 Å². The van der Waals surface area contributed by atoms with Crippen LogP contribution in [0.25, 0.3) is 0 Å². The molecular weight excluding hydrogens is 218 g/mol. The van der Waals surface area contributed by atoms with Gasteiger partial charge in [0.15, 0.2) is 0 Å². The summed E-state index contributed by atoms with van der Waals surface area (Å²) in [7, 11) is 0. The molecule has 0 aliphatic rings. The van der Waals surface area contributed by atoms with Gasteiger partial charge in [-0.25, -0.2) is 0 Å². The molecule has 66 valence electrons. The van der Waals surface area contributed by atoms with E-state index in [0.29, 0.717) is 0 Å². The summed E-state index contributed by atoms with van der Waals surface area (Å²) < 4.78 is 1.05. The molecule has 2 nitrogen and oxygen atoms in total. The predicted molar refractivity (Wildman–Crippen MR) is 52.1 cm³/mol. The molecule has 12 heavy (non-hydrogen) atoms. The minimum Gasteiger partial charge on any atom is -0.316 e. The standard InChI is InChI=1S/C9H12BrNO/c1-2-9(11-12)7-3-5-8(10)6-4-7/h3-6,9,11-12H,2H2,1H3/t9-/m1/s1. The monoisotopic (exact) mass is 229 g/mol. The molecule has 1 aromatic rings. The van der Waals surface area contributed by atoms with Crippen LogP contribution in [0.1, 0.15) is 24.9 Å². The van der Waals surface area contributed by atoms with E-state index in [4.69, 9.17) is 5.21 Å². The summed E-state index contributed by atoms with van der Waals surface area (Å²) >= 11 is 3.36. The lowest BCUT2D eigenvalue weighted by Gasteiger charge is -2.12. The highest BCUT2D eigenvalue weighted by Gasteiger charge is 2.05. The number of hydrogen-bond acceptors (Lipinski definition) is 2. The first-order valence-electron chi connectivity index (χ1n) is 3.93. The molecule has 0 saturated carbocycles. The zero-order chi connectivity index (χ0) is 8.97. The molecule has 0 aliphatic heterocycles. The Morgan fingerprint density at radius 1 is 1.42 bits per heavy atom. The highest BCUT2D eigenvalue weighted by molar-refractivity contribution is 9.10. The maximum atomic E-state index is 8.79. The molecule has 0 bridgehead atoms. The van der Waals surface area contributed by atoms with Crippen LogP contribution in [0, 0.1) is 0 Å². The number of halogens is 1. The molecule has 1 aromatic carbocycles. The van der Waals surface area contributed by atoms with Gasteiger partial charge in [0.25, 0.3) is 0 Å². The van der Waals surface area contributed by atoms with Crippen molar-refractivity contribution in [3.63, 3.8) is 0 Å². The van der Waals surface area contributed by atoms with E-state index < -0.39 is 0 Å². The first kappa shape index (κ1) is 9.71. The van der Waals surface area contributed by atoms with Gasteiger partial charge >= 0.3 is 0 Å². The summed E-state index contributed by atoms with van der Waals surface area (Å²) in [6.07, 6.45) is 0.873. The lowest BCUT2D eigenvalue weighted by atomic mass is 10.1. The van der Waals surface area contributed by atoms with Crippen LogP contribution < -0.4 is 5.48 Å². The van der Waals surface area contributed by atoms with Crippen molar-refractivity contribution in [2.75, 3.05) is 0 Å². The molecule has 0 saturated heterocycles. The normalized spacial score (nSPS) is 12.9. The topological polar surface area (TPSA) is 32.3 Å². The van der Waals surface area contributed by atoms with E-state index in [0.717, 1.165) is 16.5 Å². The molecule has 2 N–H and O–H groups in total. The van der Waals surface area contributed by atoms with Crippen molar-refractivity contribution in [3.05, 3.63) is 34.3 Å². The van der Waals surface area contributed by atoms with Crippen LogP contribution in [0.4, 0.5) is 0 Å². The summed E-state index contributed by atoms with van der Waals surface area (Å²) in [4.78, 5) is 0. The third-order valence-corrected chi connectivity index (χ3v) is 2.37. The van der Waals surface area contributed by atoms with Gasteiger partial charge in [0.05, 0.1) is 6.04 Å². The Kier molecular flexibility index (Phi) is 3.72. The van der Waals surface area contributed by atoms with Gasteiger partial charge in [0.1, 0.15) is 0 Å². The third kappa shape index (κ3) is 2.30. The molecule has 0 radical (unpaired) electrons. The number of benzene rings is 1. The van der Waals surface area contributed by atoms with Gasteiger partial charge in [0, 0.05) is 4.47 Å². The smallest absolute Gasteiger partial charge is 0.0566 e. The molecule has 0 amide bonds. The Bertz CT molecular complexity index is 231. The van der Waals surface area contributed by atoms with Crippen molar-refractivity contribution < 1.29 is 5.21 Å². The van der Waals surface area contributed by atoms with E-state index in [2.05, 4.69) is 21.4 Å². The van der Waals surface area contributed by atoms with E-state index in [1.807, 2.05) is 31.2 Å². The van der Waals surface area contributed by atoms with Crippen molar-refractivity contribution in [3.8, 4) is 0 Å². The molecule has 3 heteroatoms. The van der Waals surface area contributed by atoms with Crippen molar-refractivity contribution in [1.29, 1.82) is 0 Å². The van der Waals surface area contributed by atoms with Crippen molar-refractivity contribution in [2.24, 2.45) is 0 Å². The van der Waals surface area contributed by atoms with Crippen LogP contribution in [0.15, 0.2) is 28.7 Å². The Morgan fingerprint density at radius 3 is 2.42 bits per heavy atom. The number of nitrogens with one attached hydrogen (secondary N) is 1. The molecule has 1 atom stereocenters. The summed E-state index contributed by atoms with van der Waals surface area (Å²) in [6.45, 7) is 2.02. The summed E-state index contributed by atoms with van der Waals surface area (Å²) in [5.41, 5.74) is 3.37. The number of hydroxylamine groups is 1. The molecule has 1 rings (SSSR count). The second-order valence-corrected chi connectivity index (χ2v) is 3.56. The van der Waals surface area contributed by atoms with E-state index in [9.17, 15) is 0 Å². The first-order valence-corrected chi connectivity index (χ1v) is 4.72.